The van der Waals surface area contributed by atoms with Crippen LogP contribution in [0.25, 0.3) is 0 Å². The second-order valence-corrected chi connectivity index (χ2v) is 5.19. The number of piperidine rings is 1. The Balaban J connectivity index is 2.12. The lowest BCUT2D eigenvalue weighted by Gasteiger charge is -2.37. The lowest BCUT2D eigenvalue weighted by Crippen LogP contribution is -2.41. The zero-order valence-electron chi connectivity index (χ0n) is 12.5. The molecule has 1 heterocycles. The lowest BCUT2D eigenvalue weighted by atomic mass is 9.99. The van der Waals surface area contributed by atoms with Crippen LogP contribution < -0.4 is 10.5 Å². The quantitative estimate of drug-likeness (QED) is 0.866. The van der Waals surface area contributed by atoms with Crippen LogP contribution in [-0.2, 0) is 4.74 Å². The molecule has 4 nitrogen and oxygen atoms in total. The fourth-order valence-electron chi connectivity index (χ4n) is 2.94. The highest BCUT2D eigenvalue weighted by Crippen LogP contribution is 2.31. The van der Waals surface area contributed by atoms with Crippen molar-refractivity contribution in [3.63, 3.8) is 0 Å². The number of ether oxygens (including phenoxy) is 2. The van der Waals surface area contributed by atoms with Gasteiger partial charge in [0.25, 0.3) is 0 Å². The van der Waals surface area contributed by atoms with Gasteiger partial charge in [-0.15, -0.1) is 0 Å². The van der Waals surface area contributed by atoms with E-state index in [1.54, 1.807) is 7.11 Å². The first kappa shape index (κ1) is 15.3. The van der Waals surface area contributed by atoms with Gasteiger partial charge in [0.15, 0.2) is 0 Å². The molecule has 0 amide bonds. The summed E-state index contributed by atoms with van der Waals surface area (Å²) in [6.07, 6.45) is 2.54. The largest absolute Gasteiger partial charge is 0.494 e. The summed E-state index contributed by atoms with van der Waals surface area (Å²) in [7, 11) is 1.80. The number of hydrogen-bond donors (Lipinski definition) is 1. The monoisotopic (exact) mass is 278 g/mol. The van der Waals surface area contributed by atoms with E-state index in [-0.39, 0.29) is 6.04 Å². The molecule has 1 unspecified atom stereocenters. The molecule has 112 valence electrons. The van der Waals surface area contributed by atoms with Crippen molar-refractivity contribution in [2.75, 3.05) is 33.4 Å². The van der Waals surface area contributed by atoms with E-state index in [9.17, 15) is 0 Å². The van der Waals surface area contributed by atoms with E-state index in [0.29, 0.717) is 19.3 Å². The van der Waals surface area contributed by atoms with Crippen molar-refractivity contribution in [3.05, 3.63) is 29.8 Å². The Labute approximate surface area is 121 Å². The fraction of sp³-hybridized carbons (Fsp3) is 0.625. The summed E-state index contributed by atoms with van der Waals surface area (Å²) < 4.78 is 11.2. The normalized spacial score (nSPS) is 18.9. The molecule has 2 N–H and O–H groups in total. The standard InChI is InChI=1S/C16H26N2O2/c1-3-20-16-7-5-4-6-14(16)15(12-17)18-10-8-13(19-2)9-11-18/h4-7,13,15H,3,8-12,17H2,1-2H3. The van der Waals surface area contributed by atoms with E-state index in [4.69, 9.17) is 15.2 Å². The van der Waals surface area contributed by atoms with E-state index < -0.39 is 0 Å². The number of nitrogens with zero attached hydrogens (tertiary/aromatic N) is 1. The maximum absolute atomic E-state index is 6.04. The Morgan fingerprint density at radius 3 is 2.60 bits per heavy atom. The van der Waals surface area contributed by atoms with Crippen LogP contribution in [0, 0.1) is 0 Å². The zero-order valence-corrected chi connectivity index (χ0v) is 12.5. The van der Waals surface area contributed by atoms with Gasteiger partial charge in [-0.05, 0) is 25.8 Å². The molecule has 0 saturated carbocycles. The predicted octanol–water partition coefficient (Wildman–Crippen LogP) is 2.20. The molecular formula is C16H26N2O2. The first-order valence-electron chi connectivity index (χ1n) is 7.48. The summed E-state index contributed by atoms with van der Waals surface area (Å²) in [5.41, 5.74) is 7.24. The number of methoxy groups -OCH3 is 1. The first-order valence-corrected chi connectivity index (χ1v) is 7.48. The third-order valence-electron chi connectivity index (χ3n) is 4.05. The van der Waals surface area contributed by atoms with E-state index in [1.165, 1.54) is 5.56 Å². The highest BCUT2D eigenvalue weighted by molar-refractivity contribution is 5.36. The molecule has 0 radical (unpaired) electrons. The Kier molecular flexibility index (Phi) is 5.83. The molecule has 1 fully saturated rings. The zero-order chi connectivity index (χ0) is 14.4. The summed E-state index contributed by atoms with van der Waals surface area (Å²) >= 11 is 0. The van der Waals surface area contributed by atoms with Crippen LogP contribution in [0.5, 0.6) is 5.75 Å². The predicted molar refractivity (Wildman–Crippen MR) is 81.0 cm³/mol. The number of likely N-dealkylation sites (tertiary alicyclic amines) is 1. The van der Waals surface area contributed by atoms with E-state index >= 15 is 0 Å². The molecule has 0 spiro atoms. The summed E-state index contributed by atoms with van der Waals surface area (Å²) in [5.74, 6) is 0.958. The molecule has 0 aliphatic carbocycles. The van der Waals surface area contributed by atoms with Gasteiger partial charge in [-0.1, -0.05) is 18.2 Å². The molecule has 1 aliphatic rings. The number of para-hydroxylation sites is 1. The van der Waals surface area contributed by atoms with Crippen LogP contribution in [0.15, 0.2) is 24.3 Å². The number of hydrogen-bond acceptors (Lipinski definition) is 4. The Morgan fingerprint density at radius 2 is 2.00 bits per heavy atom. The van der Waals surface area contributed by atoms with Crippen molar-refractivity contribution in [1.29, 1.82) is 0 Å². The van der Waals surface area contributed by atoms with Gasteiger partial charge >= 0.3 is 0 Å². The molecule has 1 aromatic rings. The van der Waals surface area contributed by atoms with Crippen LogP contribution >= 0.6 is 0 Å². The molecule has 0 aromatic heterocycles. The minimum Gasteiger partial charge on any atom is -0.494 e. The summed E-state index contributed by atoms with van der Waals surface area (Å²) in [4.78, 5) is 2.45. The van der Waals surface area contributed by atoms with Gasteiger partial charge in [-0.25, -0.2) is 0 Å². The topological polar surface area (TPSA) is 47.7 Å². The Bertz CT molecular complexity index is 403. The SMILES string of the molecule is CCOc1ccccc1C(CN)N1CCC(OC)CC1. The molecule has 1 aromatic carbocycles. The van der Waals surface area contributed by atoms with Crippen LogP contribution in [0.1, 0.15) is 31.4 Å². The minimum atomic E-state index is 0.232. The van der Waals surface area contributed by atoms with Gasteiger partial charge in [0.05, 0.1) is 18.8 Å². The van der Waals surface area contributed by atoms with E-state index in [1.807, 2.05) is 19.1 Å². The van der Waals surface area contributed by atoms with Gasteiger partial charge < -0.3 is 15.2 Å². The Morgan fingerprint density at radius 1 is 1.30 bits per heavy atom. The minimum absolute atomic E-state index is 0.232. The van der Waals surface area contributed by atoms with Crippen LogP contribution in [0.3, 0.4) is 0 Å². The van der Waals surface area contributed by atoms with Crippen molar-refractivity contribution in [2.24, 2.45) is 5.73 Å². The highest BCUT2D eigenvalue weighted by atomic mass is 16.5. The summed E-state index contributed by atoms with van der Waals surface area (Å²) in [5, 5.41) is 0. The molecule has 1 atom stereocenters. The third-order valence-corrected chi connectivity index (χ3v) is 4.05. The molecular weight excluding hydrogens is 252 g/mol. The fourth-order valence-corrected chi connectivity index (χ4v) is 2.94. The van der Waals surface area contributed by atoms with Crippen molar-refractivity contribution in [2.45, 2.75) is 31.9 Å². The average Bonchev–Trinajstić information content (AvgIpc) is 2.51. The van der Waals surface area contributed by atoms with Gasteiger partial charge in [0, 0.05) is 32.3 Å². The maximum Gasteiger partial charge on any atom is 0.124 e. The van der Waals surface area contributed by atoms with Crippen molar-refractivity contribution < 1.29 is 9.47 Å². The lowest BCUT2D eigenvalue weighted by molar-refractivity contribution is 0.0276. The van der Waals surface area contributed by atoms with Gasteiger partial charge in [-0.3, -0.25) is 4.90 Å². The van der Waals surface area contributed by atoms with E-state index in [0.717, 1.165) is 31.7 Å². The van der Waals surface area contributed by atoms with Crippen molar-refractivity contribution in [1.82, 2.24) is 4.90 Å². The van der Waals surface area contributed by atoms with Crippen molar-refractivity contribution in [3.8, 4) is 5.75 Å². The Hall–Kier alpha value is -1.10. The van der Waals surface area contributed by atoms with Gasteiger partial charge in [0.1, 0.15) is 5.75 Å². The van der Waals surface area contributed by atoms with Crippen LogP contribution in [0.2, 0.25) is 0 Å². The second-order valence-electron chi connectivity index (χ2n) is 5.19. The molecule has 0 bridgehead atoms. The van der Waals surface area contributed by atoms with E-state index in [2.05, 4.69) is 17.0 Å². The molecule has 1 aliphatic heterocycles. The molecule has 2 rings (SSSR count). The smallest absolute Gasteiger partial charge is 0.124 e. The third kappa shape index (κ3) is 3.51. The number of nitrogens with two attached hydrogens (primary N) is 1. The molecule has 1 saturated heterocycles. The average molecular weight is 278 g/mol. The summed E-state index contributed by atoms with van der Waals surface area (Å²) in [6, 6.07) is 8.46. The second kappa shape index (κ2) is 7.62. The van der Waals surface area contributed by atoms with Gasteiger partial charge in [-0.2, -0.15) is 0 Å². The molecule has 4 heteroatoms. The van der Waals surface area contributed by atoms with Crippen LogP contribution in [0.4, 0.5) is 0 Å². The number of rotatable bonds is 6. The van der Waals surface area contributed by atoms with Crippen LogP contribution in [-0.4, -0.2) is 44.4 Å². The maximum atomic E-state index is 6.04. The molecule has 20 heavy (non-hydrogen) atoms. The van der Waals surface area contributed by atoms with Gasteiger partial charge in [0.2, 0.25) is 0 Å². The first-order chi connectivity index (χ1) is 9.80. The summed E-state index contributed by atoms with van der Waals surface area (Å²) in [6.45, 7) is 5.36. The van der Waals surface area contributed by atoms with Crippen molar-refractivity contribution >= 4 is 0 Å². The highest BCUT2D eigenvalue weighted by Gasteiger charge is 2.26. The number of benzene rings is 1.